The van der Waals surface area contributed by atoms with E-state index >= 15 is 0 Å². The Morgan fingerprint density at radius 2 is 2.14 bits per heavy atom. The molecule has 0 bridgehead atoms. The maximum absolute atomic E-state index is 12.4. The number of carboxylic acids is 1. The fourth-order valence-corrected chi connectivity index (χ4v) is 1.85. The number of amides is 1. The van der Waals surface area contributed by atoms with Gasteiger partial charge in [-0.3, -0.25) is 24.4 Å². The summed E-state index contributed by atoms with van der Waals surface area (Å²) in [4.78, 5) is 34.6. The maximum atomic E-state index is 12.4. The average molecular weight is 298 g/mol. The van der Waals surface area contributed by atoms with Crippen LogP contribution in [0.25, 0.3) is 0 Å². The molecule has 0 aliphatic heterocycles. The lowest BCUT2D eigenvalue weighted by Crippen LogP contribution is -2.47. The summed E-state index contributed by atoms with van der Waals surface area (Å²) in [5.41, 5.74) is -1.36. The molecule has 9 heteroatoms. The molecule has 0 spiro atoms. The van der Waals surface area contributed by atoms with Gasteiger partial charge in [-0.1, -0.05) is 6.92 Å². The third kappa shape index (κ3) is 3.56. The number of likely N-dealkylation sites (N-methyl/N-ethyl adjacent to an activating group) is 1. The van der Waals surface area contributed by atoms with Gasteiger partial charge in [0, 0.05) is 13.6 Å². The zero-order valence-electron chi connectivity index (χ0n) is 12.3. The van der Waals surface area contributed by atoms with Gasteiger partial charge in [0.05, 0.1) is 10.8 Å². The molecule has 0 aromatic carbocycles. The molecule has 21 heavy (non-hydrogen) atoms. The van der Waals surface area contributed by atoms with Gasteiger partial charge in [-0.25, -0.2) is 0 Å². The molecule has 1 aromatic rings. The Kier molecular flexibility index (Phi) is 4.66. The van der Waals surface area contributed by atoms with Gasteiger partial charge in [-0.2, -0.15) is 5.10 Å². The van der Waals surface area contributed by atoms with Crippen LogP contribution in [0, 0.1) is 16.0 Å². The highest BCUT2D eigenvalue weighted by molar-refractivity contribution is 5.84. The summed E-state index contributed by atoms with van der Waals surface area (Å²) in [6, 6.07) is 0. The first-order valence-corrected chi connectivity index (χ1v) is 6.25. The molecule has 1 rings (SSSR count). The van der Waals surface area contributed by atoms with E-state index in [4.69, 9.17) is 5.11 Å². The van der Waals surface area contributed by atoms with E-state index in [-0.39, 0.29) is 18.1 Å². The Morgan fingerprint density at radius 3 is 2.57 bits per heavy atom. The minimum atomic E-state index is -1.15. The number of carboxylic acid groups (broad SMARTS) is 1. The fourth-order valence-electron chi connectivity index (χ4n) is 1.85. The summed E-state index contributed by atoms with van der Waals surface area (Å²) in [5, 5.41) is 23.4. The lowest BCUT2D eigenvalue weighted by Gasteiger charge is -2.30. The van der Waals surface area contributed by atoms with Crippen molar-refractivity contribution in [2.75, 3.05) is 13.6 Å². The smallest absolute Gasteiger partial charge is 0.308 e. The van der Waals surface area contributed by atoms with E-state index in [2.05, 4.69) is 5.10 Å². The van der Waals surface area contributed by atoms with Gasteiger partial charge in [0.25, 0.3) is 0 Å². The summed E-state index contributed by atoms with van der Waals surface area (Å²) in [6.45, 7) is 4.67. The van der Waals surface area contributed by atoms with Crippen LogP contribution in [0.5, 0.6) is 0 Å². The number of hydrogen-bond donors (Lipinski definition) is 1. The third-order valence-electron chi connectivity index (χ3n) is 3.19. The Bertz CT molecular complexity index is 566. The molecule has 0 radical (unpaired) electrons. The Labute approximate surface area is 121 Å². The van der Waals surface area contributed by atoms with Gasteiger partial charge in [0.1, 0.15) is 17.9 Å². The number of nitrogens with zero attached hydrogens (tertiary/aromatic N) is 4. The Hall–Kier alpha value is -2.45. The summed E-state index contributed by atoms with van der Waals surface area (Å²) in [5.74, 6) is -2.09. The molecule has 1 heterocycles. The van der Waals surface area contributed by atoms with Crippen LogP contribution in [-0.4, -0.2) is 50.2 Å². The molecule has 1 N–H and O–H groups in total. The lowest BCUT2D eigenvalue weighted by atomic mass is 10.0. The van der Waals surface area contributed by atoms with E-state index < -0.39 is 22.3 Å². The van der Waals surface area contributed by atoms with Crippen LogP contribution in [0.3, 0.4) is 0 Å². The van der Waals surface area contributed by atoms with Gasteiger partial charge in [-0.05, 0) is 13.8 Å². The van der Waals surface area contributed by atoms with Crippen LogP contribution in [-0.2, 0) is 15.1 Å². The topological polar surface area (TPSA) is 119 Å². The van der Waals surface area contributed by atoms with Crippen LogP contribution in [0.4, 0.5) is 5.69 Å². The van der Waals surface area contributed by atoms with Crippen molar-refractivity contribution < 1.29 is 19.6 Å². The van der Waals surface area contributed by atoms with E-state index in [0.29, 0.717) is 0 Å². The van der Waals surface area contributed by atoms with Gasteiger partial charge >= 0.3 is 11.7 Å². The predicted octanol–water partition coefficient (Wildman–Crippen LogP) is 0.706. The largest absolute Gasteiger partial charge is 0.481 e. The van der Waals surface area contributed by atoms with Crippen LogP contribution < -0.4 is 0 Å². The van der Waals surface area contributed by atoms with E-state index in [1.807, 2.05) is 0 Å². The molecule has 1 amide bonds. The number of carbonyl (C=O) groups is 2. The van der Waals surface area contributed by atoms with E-state index in [1.54, 1.807) is 13.8 Å². The SMILES string of the molecule is CC(CN(C)C(=O)C(C)(C)n1cc([N+](=O)[O-])cn1)C(=O)O. The van der Waals surface area contributed by atoms with Gasteiger partial charge in [0.2, 0.25) is 5.91 Å². The summed E-state index contributed by atoms with van der Waals surface area (Å²) in [6.07, 6.45) is 2.24. The quantitative estimate of drug-likeness (QED) is 0.610. The molecule has 116 valence electrons. The van der Waals surface area contributed by atoms with Crippen molar-refractivity contribution in [2.45, 2.75) is 26.3 Å². The fraction of sp³-hybridized carbons (Fsp3) is 0.583. The van der Waals surface area contributed by atoms with Crippen molar-refractivity contribution in [1.29, 1.82) is 0 Å². The normalized spacial score (nSPS) is 12.8. The molecule has 1 aromatic heterocycles. The van der Waals surface area contributed by atoms with Crippen molar-refractivity contribution in [2.24, 2.45) is 5.92 Å². The summed E-state index contributed by atoms with van der Waals surface area (Å²) >= 11 is 0. The van der Waals surface area contributed by atoms with Crippen molar-refractivity contribution in [3.05, 3.63) is 22.5 Å². The number of rotatable bonds is 6. The van der Waals surface area contributed by atoms with Gasteiger partial charge in [0.15, 0.2) is 0 Å². The van der Waals surface area contributed by atoms with E-state index in [9.17, 15) is 19.7 Å². The summed E-state index contributed by atoms with van der Waals surface area (Å²) in [7, 11) is 1.49. The zero-order chi connectivity index (χ0) is 16.4. The first-order chi connectivity index (χ1) is 9.57. The first kappa shape index (κ1) is 16.6. The second kappa shape index (κ2) is 5.90. The monoisotopic (exact) mass is 298 g/mol. The van der Waals surface area contributed by atoms with Crippen LogP contribution in [0.1, 0.15) is 20.8 Å². The predicted molar refractivity (Wildman–Crippen MR) is 72.6 cm³/mol. The molecule has 1 unspecified atom stereocenters. The molecule has 0 aliphatic rings. The molecular weight excluding hydrogens is 280 g/mol. The first-order valence-electron chi connectivity index (χ1n) is 6.25. The van der Waals surface area contributed by atoms with Crippen LogP contribution in [0.15, 0.2) is 12.4 Å². The molecular formula is C12H18N4O5. The maximum Gasteiger partial charge on any atom is 0.308 e. The Morgan fingerprint density at radius 1 is 1.57 bits per heavy atom. The lowest BCUT2D eigenvalue weighted by molar-refractivity contribution is -0.385. The van der Waals surface area contributed by atoms with Gasteiger partial charge in [-0.15, -0.1) is 0 Å². The van der Waals surface area contributed by atoms with E-state index in [0.717, 1.165) is 6.20 Å². The molecule has 0 saturated heterocycles. The minimum absolute atomic E-state index is 0.0426. The molecule has 9 nitrogen and oxygen atoms in total. The number of aliphatic carboxylic acids is 1. The number of nitro groups is 1. The van der Waals surface area contributed by atoms with Gasteiger partial charge < -0.3 is 10.0 Å². The van der Waals surface area contributed by atoms with Crippen molar-refractivity contribution in [1.82, 2.24) is 14.7 Å². The second-order valence-corrected chi connectivity index (χ2v) is 5.38. The number of hydrogen-bond acceptors (Lipinski definition) is 5. The molecule has 0 aliphatic carbocycles. The standard InChI is InChI=1S/C12H18N4O5/c1-8(10(17)18)6-14(4)11(19)12(2,3)15-7-9(5-13-15)16(20)21/h5,7-8H,6H2,1-4H3,(H,17,18). The van der Waals surface area contributed by atoms with E-state index in [1.165, 1.54) is 29.7 Å². The number of carbonyl (C=O) groups excluding carboxylic acids is 1. The molecule has 0 fully saturated rings. The van der Waals surface area contributed by atoms with Crippen molar-refractivity contribution in [3.63, 3.8) is 0 Å². The third-order valence-corrected chi connectivity index (χ3v) is 3.19. The minimum Gasteiger partial charge on any atom is -0.481 e. The Balaban J connectivity index is 2.92. The van der Waals surface area contributed by atoms with Crippen molar-refractivity contribution >= 4 is 17.6 Å². The highest BCUT2D eigenvalue weighted by atomic mass is 16.6. The zero-order valence-corrected chi connectivity index (χ0v) is 12.3. The highest BCUT2D eigenvalue weighted by Gasteiger charge is 2.35. The van der Waals surface area contributed by atoms with Crippen molar-refractivity contribution in [3.8, 4) is 0 Å². The second-order valence-electron chi connectivity index (χ2n) is 5.38. The molecule has 1 atom stereocenters. The van der Waals surface area contributed by atoms with Crippen LogP contribution in [0.2, 0.25) is 0 Å². The average Bonchev–Trinajstić information content (AvgIpc) is 2.87. The molecule has 0 saturated carbocycles. The highest BCUT2D eigenvalue weighted by Crippen LogP contribution is 2.21. The van der Waals surface area contributed by atoms with Crippen LogP contribution >= 0.6 is 0 Å². The summed E-state index contributed by atoms with van der Waals surface area (Å²) < 4.78 is 1.20. The number of aromatic nitrogens is 2.